The number of carbonyl (C=O) groups excluding carboxylic acids is 1. The molecule has 1 aromatic heterocycles. The van der Waals surface area contributed by atoms with Gasteiger partial charge in [-0.15, -0.1) is 0 Å². The maximum atomic E-state index is 10.5. The van der Waals surface area contributed by atoms with Crippen molar-refractivity contribution in [3.63, 3.8) is 0 Å². The number of furan rings is 1. The third-order valence-corrected chi connectivity index (χ3v) is 2.90. The predicted molar refractivity (Wildman–Crippen MR) is 67.6 cm³/mol. The lowest BCUT2D eigenvalue weighted by Crippen LogP contribution is -1.92. The summed E-state index contributed by atoms with van der Waals surface area (Å²) in [7, 11) is 1.63. The molecule has 3 nitrogen and oxygen atoms in total. The van der Waals surface area contributed by atoms with Gasteiger partial charge in [0.25, 0.3) is 0 Å². The Morgan fingerprint density at radius 3 is 2.82 bits per heavy atom. The Morgan fingerprint density at radius 2 is 2.18 bits per heavy atom. The largest absolute Gasteiger partial charge is 0.496 e. The first-order chi connectivity index (χ1) is 8.22. The molecule has 4 heteroatoms. The summed E-state index contributed by atoms with van der Waals surface area (Å²) in [6.07, 6.45) is 1.29. The lowest BCUT2D eigenvalue weighted by atomic mass is 10.1. The Bertz CT molecular complexity index is 531. The smallest absolute Gasteiger partial charge is 0.185 e. The first-order valence-electron chi connectivity index (χ1n) is 5.09. The molecular weight excluding hydrogens is 284 g/mol. The minimum Gasteiger partial charge on any atom is -0.496 e. The molecule has 0 amide bonds. The van der Waals surface area contributed by atoms with Crippen LogP contribution < -0.4 is 4.74 Å². The van der Waals surface area contributed by atoms with E-state index in [0.717, 1.165) is 21.5 Å². The maximum Gasteiger partial charge on any atom is 0.185 e. The molecule has 0 aliphatic heterocycles. The van der Waals surface area contributed by atoms with Gasteiger partial charge in [-0.3, -0.25) is 4.79 Å². The second kappa shape index (κ2) is 5.19. The molecule has 1 heterocycles. The van der Waals surface area contributed by atoms with Crippen molar-refractivity contribution in [2.45, 2.75) is 6.42 Å². The fourth-order valence-corrected chi connectivity index (χ4v) is 2.03. The van der Waals surface area contributed by atoms with E-state index >= 15 is 0 Å². The van der Waals surface area contributed by atoms with Crippen LogP contribution in [0, 0.1) is 0 Å². The molecule has 0 saturated carbocycles. The third-order valence-electron chi connectivity index (χ3n) is 2.41. The Morgan fingerprint density at radius 1 is 1.35 bits per heavy atom. The molecule has 0 spiro atoms. The number of ether oxygens (including phenoxy) is 1. The summed E-state index contributed by atoms with van der Waals surface area (Å²) in [6, 6.07) is 9.24. The van der Waals surface area contributed by atoms with Crippen LogP contribution in [-0.2, 0) is 6.42 Å². The minimum atomic E-state index is 0.342. The van der Waals surface area contributed by atoms with Crippen LogP contribution in [0.25, 0.3) is 0 Å². The summed E-state index contributed by atoms with van der Waals surface area (Å²) in [5, 5.41) is 0. The molecule has 88 valence electrons. The standard InChI is InChI=1S/C13H11BrO3/c1-16-13-5-2-10(14)6-9(13)7-11-3-4-12(8-15)17-11/h2-6,8H,7H2,1H3. The Kier molecular flexibility index (Phi) is 3.64. The van der Waals surface area contributed by atoms with Gasteiger partial charge in [0, 0.05) is 16.5 Å². The van der Waals surface area contributed by atoms with E-state index in [0.29, 0.717) is 18.5 Å². The van der Waals surface area contributed by atoms with E-state index in [2.05, 4.69) is 15.9 Å². The summed E-state index contributed by atoms with van der Waals surface area (Å²) < 4.78 is 11.6. The van der Waals surface area contributed by atoms with Crippen molar-refractivity contribution in [2.24, 2.45) is 0 Å². The van der Waals surface area contributed by atoms with Crippen molar-refractivity contribution in [3.05, 3.63) is 51.9 Å². The molecule has 0 radical (unpaired) electrons. The summed E-state index contributed by atoms with van der Waals surface area (Å²) in [5.74, 6) is 1.88. The molecule has 0 unspecified atom stereocenters. The normalized spacial score (nSPS) is 10.2. The monoisotopic (exact) mass is 294 g/mol. The lowest BCUT2D eigenvalue weighted by molar-refractivity contribution is 0.109. The van der Waals surface area contributed by atoms with E-state index < -0.39 is 0 Å². The van der Waals surface area contributed by atoms with Crippen molar-refractivity contribution >= 4 is 22.2 Å². The van der Waals surface area contributed by atoms with Crippen LogP contribution in [0.2, 0.25) is 0 Å². The van der Waals surface area contributed by atoms with E-state index in [4.69, 9.17) is 9.15 Å². The molecule has 1 aromatic carbocycles. The minimum absolute atomic E-state index is 0.342. The van der Waals surface area contributed by atoms with Gasteiger partial charge in [-0.1, -0.05) is 15.9 Å². The molecule has 0 aliphatic carbocycles. The van der Waals surface area contributed by atoms with E-state index in [9.17, 15) is 4.79 Å². The summed E-state index contributed by atoms with van der Waals surface area (Å²) in [6.45, 7) is 0. The highest BCUT2D eigenvalue weighted by atomic mass is 79.9. The van der Waals surface area contributed by atoms with Gasteiger partial charge < -0.3 is 9.15 Å². The molecule has 0 aliphatic rings. The van der Waals surface area contributed by atoms with Crippen molar-refractivity contribution in [1.82, 2.24) is 0 Å². The number of halogens is 1. The SMILES string of the molecule is COc1ccc(Br)cc1Cc1ccc(C=O)o1. The molecular formula is C13H11BrO3. The van der Waals surface area contributed by atoms with Crippen LogP contribution in [0.15, 0.2) is 39.2 Å². The van der Waals surface area contributed by atoms with Gasteiger partial charge >= 0.3 is 0 Å². The molecule has 0 N–H and O–H groups in total. The zero-order chi connectivity index (χ0) is 12.3. The Hall–Kier alpha value is -1.55. The zero-order valence-corrected chi connectivity index (χ0v) is 10.9. The summed E-state index contributed by atoms with van der Waals surface area (Å²) in [5.41, 5.74) is 1.01. The van der Waals surface area contributed by atoms with Crippen molar-refractivity contribution < 1.29 is 13.9 Å². The molecule has 0 saturated heterocycles. The van der Waals surface area contributed by atoms with Gasteiger partial charge in [-0.2, -0.15) is 0 Å². The predicted octanol–water partition coefficient (Wildman–Crippen LogP) is 3.45. The van der Waals surface area contributed by atoms with E-state index in [1.165, 1.54) is 0 Å². The lowest BCUT2D eigenvalue weighted by Gasteiger charge is -2.07. The van der Waals surface area contributed by atoms with Crippen molar-refractivity contribution in [2.75, 3.05) is 7.11 Å². The van der Waals surface area contributed by atoms with Crippen molar-refractivity contribution in [1.29, 1.82) is 0 Å². The van der Waals surface area contributed by atoms with Gasteiger partial charge in [0.15, 0.2) is 12.0 Å². The molecule has 0 fully saturated rings. The highest BCUT2D eigenvalue weighted by Crippen LogP contribution is 2.25. The van der Waals surface area contributed by atoms with Crippen LogP contribution in [-0.4, -0.2) is 13.4 Å². The van der Waals surface area contributed by atoms with Crippen LogP contribution in [0.5, 0.6) is 5.75 Å². The summed E-state index contributed by atoms with van der Waals surface area (Å²) in [4.78, 5) is 10.5. The van der Waals surface area contributed by atoms with Crippen LogP contribution in [0.1, 0.15) is 21.9 Å². The Balaban J connectivity index is 2.28. The number of hydrogen-bond donors (Lipinski definition) is 0. The number of rotatable bonds is 4. The second-order valence-corrected chi connectivity index (χ2v) is 4.47. The van der Waals surface area contributed by atoms with Crippen molar-refractivity contribution in [3.8, 4) is 5.75 Å². The van der Waals surface area contributed by atoms with Gasteiger partial charge in [-0.25, -0.2) is 0 Å². The fraction of sp³-hybridized carbons (Fsp3) is 0.154. The molecule has 17 heavy (non-hydrogen) atoms. The topological polar surface area (TPSA) is 39.4 Å². The molecule has 0 atom stereocenters. The quantitative estimate of drug-likeness (QED) is 0.811. The molecule has 0 bridgehead atoms. The van der Waals surface area contributed by atoms with Gasteiger partial charge in [-0.05, 0) is 30.3 Å². The third kappa shape index (κ3) is 2.77. The van der Waals surface area contributed by atoms with Gasteiger partial charge in [0.1, 0.15) is 11.5 Å². The van der Waals surface area contributed by atoms with Crippen LogP contribution in [0.3, 0.4) is 0 Å². The number of methoxy groups -OCH3 is 1. The number of hydrogen-bond acceptors (Lipinski definition) is 3. The maximum absolute atomic E-state index is 10.5. The first-order valence-corrected chi connectivity index (χ1v) is 5.88. The number of aldehydes is 1. The zero-order valence-electron chi connectivity index (χ0n) is 9.27. The Labute approximate surface area is 108 Å². The fourth-order valence-electron chi connectivity index (χ4n) is 1.63. The second-order valence-electron chi connectivity index (χ2n) is 3.55. The molecule has 2 aromatic rings. The highest BCUT2D eigenvalue weighted by Gasteiger charge is 2.08. The average molecular weight is 295 g/mol. The summed E-state index contributed by atoms with van der Waals surface area (Å²) >= 11 is 3.42. The van der Waals surface area contributed by atoms with Gasteiger partial charge in [0.2, 0.25) is 0 Å². The van der Waals surface area contributed by atoms with E-state index in [-0.39, 0.29) is 0 Å². The van der Waals surface area contributed by atoms with E-state index in [1.54, 1.807) is 19.2 Å². The number of carbonyl (C=O) groups is 1. The first kappa shape index (κ1) is 11.9. The van der Waals surface area contributed by atoms with E-state index in [1.807, 2.05) is 18.2 Å². The van der Waals surface area contributed by atoms with Crippen LogP contribution >= 0.6 is 15.9 Å². The average Bonchev–Trinajstić information content (AvgIpc) is 2.77. The molecule has 2 rings (SSSR count). The van der Waals surface area contributed by atoms with Crippen LogP contribution in [0.4, 0.5) is 0 Å². The number of benzene rings is 1. The van der Waals surface area contributed by atoms with Gasteiger partial charge in [0.05, 0.1) is 7.11 Å². The highest BCUT2D eigenvalue weighted by molar-refractivity contribution is 9.10.